The molecule has 0 aromatic carbocycles. The van der Waals surface area contributed by atoms with Crippen LogP contribution in [-0.2, 0) is 9.47 Å². The fourth-order valence-electron chi connectivity index (χ4n) is 1.05. The lowest BCUT2D eigenvalue weighted by Crippen LogP contribution is -2.40. The first-order valence-electron chi connectivity index (χ1n) is 5.01. The maximum Gasteiger partial charge on any atom is 0.115 e. The predicted molar refractivity (Wildman–Crippen MR) is 57.9 cm³/mol. The van der Waals surface area contributed by atoms with Crippen molar-refractivity contribution in [2.24, 2.45) is 11.5 Å². The third kappa shape index (κ3) is 6.32. The fraction of sp³-hybridized carbons (Fsp3) is 1.00. The molecule has 0 aliphatic carbocycles. The molecule has 0 aliphatic heterocycles. The van der Waals surface area contributed by atoms with E-state index in [1.54, 1.807) is 7.11 Å². The molecule has 0 fully saturated rings. The highest BCUT2D eigenvalue weighted by molar-refractivity contribution is 4.71. The van der Waals surface area contributed by atoms with Crippen LogP contribution < -0.4 is 11.5 Å². The van der Waals surface area contributed by atoms with Crippen molar-refractivity contribution in [3.05, 3.63) is 0 Å². The average molecular weight is 204 g/mol. The lowest BCUT2D eigenvalue weighted by atomic mass is 10.1. The number of ether oxygens (including phenoxy) is 2. The zero-order chi connectivity index (χ0) is 11.2. The van der Waals surface area contributed by atoms with E-state index in [2.05, 4.69) is 0 Å². The molecule has 1 atom stereocenters. The van der Waals surface area contributed by atoms with Crippen LogP contribution >= 0.6 is 0 Å². The third-order valence-corrected chi connectivity index (χ3v) is 2.30. The van der Waals surface area contributed by atoms with Gasteiger partial charge in [0.15, 0.2) is 0 Å². The van der Waals surface area contributed by atoms with Crippen LogP contribution in [0.3, 0.4) is 0 Å². The molecule has 0 rings (SSSR count). The van der Waals surface area contributed by atoms with Crippen molar-refractivity contribution < 1.29 is 9.47 Å². The van der Waals surface area contributed by atoms with Crippen LogP contribution in [0.5, 0.6) is 0 Å². The maximum absolute atomic E-state index is 5.79. The van der Waals surface area contributed by atoms with Gasteiger partial charge in [0.1, 0.15) is 5.72 Å². The summed E-state index contributed by atoms with van der Waals surface area (Å²) in [6.07, 6.45) is 1.53. The first kappa shape index (κ1) is 13.8. The fourth-order valence-corrected chi connectivity index (χ4v) is 1.05. The van der Waals surface area contributed by atoms with Gasteiger partial charge in [-0.15, -0.1) is 0 Å². The van der Waals surface area contributed by atoms with E-state index in [0.29, 0.717) is 19.6 Å². The highest BCUT2D eigenvalue weighted by atomic mass is 16.5. The topological polar surface area (TPSA) is 70.5 Å². The molecular formula is C10H24N2O2. The maximum atomic E-state index is 5.79. The highest BCUT2D eigenvalue weighted by Crippen LogP contribution is 2.15. The second-order valence-electron chi connectivity index (χ2n) is 4.41. The predicted octanol–water partition coefficient (Wildman–Crippen LogP) is 0.842. The Hall–Kier alpha value is -0.160. The Balaban J connectivity index is 3.73. The zero-order valence-corrected chi connectivity index (χ0v) is 9.80. The number of hydrogen-bond donors (Lipinski definition) is 2. The minimum absolute atomic E-state index is 0.168. The molecule has 0 spiro atoms. The number of hydrogen-bond acceptors (Lipinski definition) is 4. The van der Waals surface area contributed by atoms with Crippen LogP contribution in [0.25, 0.3) is 0 Å². The van der Waals surface area contributed by atoms with E-state index in [1.807, 2.05) is 20.8 Å². The summed E-state index contributed by atoms with van der Waals surface area (Å²) in [7, 11) is 1.60. The van der Waals surface area contributed by atoms with Crippen molar-refractivity contribution in [1.29, 1.82) is 0 Å². The Morgan fingerprint density at radius 3 is 2.14 bits per heavy atom. The summed E-state index contributed by atoms with van der Waals surface area (Å²) in [6.45, 7) is 7.12. The summed E-state index contributed by atoms with van der Waals surface area (Å²) in [6, 6.07) is 0. The normalized spacial score (nSPS) is 16.7. The van der Waals surface area contributed by atoms with E-state index in [1.165, 1.54) is 0 Å². The van der Waals surface area contributed by atoms with Gasteiger partial charge in [-0.2, -0.15) is 0 Å². The SMILES string of the molecule is COC(C)(N)CCOC(C)(C)CCN. The van der Waals surface area contributed by atoms with Gasteiger partial charge in [0, 0.05) is 13.5 Å². The quantitative estimate of drug-likeness (QED) is 0.603. The van der Waals surface area contributed by atoms with E-state index in [-0.39, 0.29) is 5.60 Å². The van der Waals surface area contributed by atoms with Crippen LogP contribution in [-0.4, -0.2) is 31.6 Å². The molecule has 0 radical (unpaired) electrons. The van der Waals surface area contributed by atoms with Gasteiger partial charge >= 0.3 is 0 Å². The third-order valence-electron chi connectivity index (χ3n) is 2.30. The standard InChI is InChI=1S/C10H24N2O2/c1-9(2,5-7-11)14-8-6-10(3,12)13-4/h5-8,11-12H2,1-4H3. The zero-order valence-electron chi connectivity index (χ0n) is 9.80. The molecule has 0 bridgehead atoms. The van der Waals surface area contributed by atoms with Crippen LogP contribution in [0.1, 0.15) is 33.6 Å². The van der Waals surface area contributed by atoms with Crippen molar-refractivity contribution >= 4 is 0 Å². The minimum atomic E-state index is -0.598. The molecule has 14 heavy (non-hydrogen) atoms. The summed E-state index contributed by atoms with van der Waals surface area (Å²) in [4.78, 5) is 0. The Bertz CT molecular complexity index is 158. The van der Waals surface area contributed by atoms with Crippen LogP contribution in [0.2, 0.25) is 0 Å². The second-order valence-corrected chi connectivity index (χ2v) is 4.41. The minimum Gasteiger partial charge on any atom is -0.375 e. The van der Waals surface area contributed by atoms with Crippen molar-refractivity contribution in [1.82, 2.24) is 0 Å². The van der Waals surface area contributed by atoms with Crippen molar-refractivity contribution in [3.8, 4) is 0 Å². The van der Waals surface area contributed by atoms with E-state index < -0.39 is 5.72 Å². The van der Waals surface area contributed by atoms with E-state index in [4.69, 9.17) is 20.9 Å². The first-order chi connectivity index (χ1) is 6.33. The summed E-state index contributed by atoms with van der Waals surface area (Å²) in [5, 5.41) is 0. The molecule has 0 heterocycles. The smallest absolute Gasteiger partial charge is 0.115 e. The lowest BCUT2D eigenvalue weighted by molar-refractivity contribution is -0.0642. The van der Waals surface area contributed by atoms with E-state index >= 15 is 0 Å². The Labute approximate surface area is 86.9 Å². The van der Waals surface area contributed by atoms with Crippen LogP contribution in [0.15, 0.2) is 0 Å². The lowest BCUT2D eigenvalue weighted by Gasteiger charge is -2.28. The summed E-state index contributed by atoms with van der Waals surface area (Å²) in [5.74, 6) is 0. The molecule has 4 heteroatoms. The molecular weight excluding hydrogens is 180 g/mol. The second kappa shape index (κ2) is 5.66. The van der Waals surface area contributed by atoms with Gasteiger partial charge in [-0.05, 0) is 33.7 Å². The van der Waals surface area contributed by atoms with E-state index in [0.717, 1.165) is 6.42 Å². The number of rotatable bonds is 7. The van der Waals surface area contributed by atoms with Crippen molar-refractivity contribution in [3.63, 3.8) is 0 Å². The molecule has 4 nitrogen and oxygen atoms in total. The van der Waals surface area contributed by atoms with Crippen molar-refractivity contribution in [2.75, 3.05) is 20.3 Å². The van der Waals surface area contributed by atoms with Gasteiger partial charge < -0.3 is 20.9 Å². The molecule has 0 amide bonds. The molecule has 4 N–H and O–H groups in total. The first-order valence-corrected chi connectivity index (χ1v) is 5.01. The molecule has 0 aromatic heterocycles. The summed E-state index contributed by atoms with van der Waals surface area (Å²) < 4.78 is 10.8. The van der Waals surface area contributed by atoms with Gasteiger partial charge in [0.25, 0.3) is 0 Å². The van der Waals surface area contributed by atoms with Crippen LogP contribution in [0.4, 0.5) is 0 Å². The van der Waals surface area contributed by atoms with Gasteiger partial charge in [0.2, 0.25) is 0 Å². The monoisotopic (exact) mass is 204 g/mol. The van der Waals surface area contributed by atoms with E-state index in [9.17, 15) is 0 Å². The number of nitrogens with two attached hydrogens (primary N) is 2. The molecule has 0 aromatic rings. The van der Waals surface area contributed by atoms with Gasteiger partial charge in [-0.1, -0.05) is 0 Å². The molecule has 0 aliphatic rings. The van der Waals surface area contributed by atoms with Gasteiger partial charge in [0.05, 0.1) is 12.2 Å². The van der Waals surface area contributed by atoms with Gasteiger partial charge in [-0.25, -0.2) is 0 Å². The average Bonchev–Trinajstić information content (AvgIpc) is 2.03. The van der Waals surface area contributed by atoms with Crippen LogP contribution in [0, 0.1) is 0 Å². The molecule has 86 valence electrons. The summed E-state index contributed by atoms with van der Waals surface area (Å²) >= 11 is 0. The molecule has 1 unspecified atom stereocenters. The summed E-state index contributed by atoms with van der Waals surface area (Å²) in [5.41, 5.74) is 10.5. The molecule has 0 saturated heterocycles. The Kier molecular flexibility index (Phi) is 5.59. The highest BCUT2D eigenvalue weighted by Gasteiger charge is 2.21. The number of methoxy groups -OCH3 is 1. The molecule has 0 saturated carbocycles. The Morgan fingerprint density at radius 2 is 1.71 bits per heavy atom. The Morgan fingerprint density at radius 1 is 1.14 bits per heavy atom. The van der Waals surface area contributed by atoms with Crippen molar-refractivity contribution in [2.45, 2.75) is 44.9 Å². The largest absolute Gasteiger partial charge is 0.375 e. The van der Waals surface area contributed by atoms with Gasteiger partial charge in [-0.3, -0.25) is 0 Å².